The Morgan fingerprint density at radius 2 is 2.08 bits per heavy atom. The number of hydrogen-bond donors (Lipinski definition) is 2. The van der Waals surface area contributed by atoms with Crippen LogP contribution in [0.4, 0.5) is 5.69 Å². The number of rotatable bonds is 4. The van der Waals surface area contributed by atoms with Crippen molar-refractivity contribution < 1.29 is 13.2 Å². The minimum absolute atomic E-state index is 0.0344. The van der Waals surface area contributed by atoms with Crippen molar-refractivity contribution in [3.63, 3.8) is 0 Å². The Morgan fingerprint density at radius 3 is 2.72 bits per heavy atom. The quantitative estimate of drug-likeness (QED) is 0.630. The summed E-state index contributed by atoms with van der Waals surface area (Å²) in [5.74, 6) is -0.325. The maximum Gasteiger partial charge on any atom is 0.255 e. The zero-order valence-corrected chi connectivity index (χ0v) is 15.6. The van der Waals surface area contributed by atoms with E-state index in [0.717, 1.165) is 5.52 Å². The smallest absolute Gasteiger partial charge is 0.255 e. The summed E-state index contributed by atoms with van der Waals surface area (Å²) in [5, 5.41) is 8.53. The molecule has 0 saturated carbocycles. The number of nitrogens with zero attached hydrogens (tertiary/aromatic N) is 2. The topological polar surface area (TPSA) is 107 Å². The van der Waals surface area contributed by atoms with Gasteiger partial charge in [-0.1, -0.05) is 0 Å². The lowest BCUT2D eigenvalue weighted by Crippen LogP contribution is -2.13. The summed E-state index contributed by atoms with van der Waals surface area (Å²) in [6, 6.07) is 8.26. The molecule has 1 aromatic carbocycles. The van der Waals surface area contributed by atoms with Crippen LogP contribution in [0.3, 0.4) is 0 Å². The number of benzene rings is 1. The molecule has 0 fully saturated rings. The molecule has 0 aliphatic heterocycles. The van der Waals surface area contributed by atoms with E-state index in [2.05, 4.69) is 26.2 Å². The number of sulfonamides is 1. The summed E-state index contributed by atoms with van der Waals surface area (Å²) >= 11 is 3.22. The summed E-state index contributed by atoms with van der Waals surface area (Å²) in [6.07, 6.45) is 3.02. The van der Waals surface area contributed by atoms with Gasteiger partial charge < -0.3 is 9.88 Å². The highest BCUT2D eigenvalue weighted by Crippen LogP contribution is 2.28. The first-order valence-corrected chi connectivity index (χ1v) is 9.72. The molecular formula is C16H15BrN4O3S. The number of aromatic nitrogens is 2. The molecule has 25 heavy (non-hydrogen) atoms. The molecule has 3 N–H and O–H groups in total. The average molecular weight is 423 g/mol. The van der Waals surface area contributed by atoms with Crippen LogP contribution in [0, 0.1) is 0 Å². The fourth-order valence-corrected chi connectivity index (χ4v) is 3.69. The number of aryl methyl sites for hydroxylation is 1. The number of hydrogen-bond acceptors (Lipinski definition) is 4. The number of primary sulfonamides is 1. The van der Waals surface area contributed by atoms with Crippen LogP contribution in [-0.4, -0.2) is 23.9 Å². The lowest BCUT2D eigenvalue weighted by molar-refractivity contribution is 0.102. The van der Waals surface area contributed by atoms with Gasteiger partial charge in [-0.2, -0.15) is 0 Å². The van der Waals surface area contributed by atoms with E-state index in [0.29, 0.717) is 27.8 Å². The van der Waals surface area contributed by atoms with Gasteiger partial charge in [-0.05, 0) is 53.2 Å². The first-order valence-electron chi connectivity index (χ1n) is 7.38. The van der Waals surface area contributed by atoms with Crippen molar-refractivity contribution in [2.75, 3.05) is 5.32 Å². The number of carbonyl (C=O) groups is 1. The fraction of sp³-hybridized carbons (Fsp3) is 0.125. The minimum Gasteiger partial charge on any atom is -0.346 e. The van der Waals surface area contributed by atoms with Gasteiger partial charge in [0, 0.05) is 41.1 Å². The first-order chi connectivity index (χ1) is 11.8. The lowest BCUT2D eigenvalue weighted by atomic mass is 10.2. The van der Waals surface area contributed by atoms with Gasteiger partial charge in [0.15, 0.2) is 0 Å². The molecule has 9 heteroatoms. The zero-order chi connectivity index (χ0) is 18.2. The molecule has 0 spiro atoms. The highest BCUT2D eigenvalue weighted by molar-refractivity contribution is 9.10. The molecule has 0 atom stereocenters. The molecule has 0 bridgehead atoms. The van der Waals surface area contributed by atoms with Crippen LogP contribution >= 0.6 is 15.9 Å². The van der Waals surface area contributed by atoms with Crippen LogP contribution in [0.25, 0.3) is 10.9 Å². The van der Waals surface area contributed by atoms with E-state index in [-0.39, 0.29) is 10.8 Å². The second kappa shape index (κ2) is 6.58. The van der Waals surface area contributed by atoms with Crippen LogP contribution in [0.1, 0.15) is 17.3 Å². The second-order valence-electron chi connectivity index (χ2n) is 5.38. The van der Waals surface area contributed by atoms with Crippen molar-refractivity contribution in [1.82, 2.24) is 9.55 Å². The van der Waals surface area contributed by atoms with Crippen molar-refractivity contribution in [1.29, 1.82) is 0 Å². The lowest BCUT2D eigenvalue weighted by Gasteiger charge is -2.07. The normalized spacial score (nSPS) is 11.6. The first kappa shape index (κ1) is 17.6. The molecule has 0 saturated heterocycles. The molecule has 3 aromatic rings. The minimum atomic E-state index is -3.87. The van der Waals surface area contributed by atoms with Gasteiger partial charge >= 0.3 is 0 Å². The number of amides is 1. The molecule has 2 heterocycles. The van der Waals surface area contributed by atoms with E-state index < -0.39 is 10.0 Å². The molecule has 3 rings (SSSR count). The molecule has 0 radical (unpaired) electrons. The number of carbonyl (C=O) groups excluding carboxylic acids is 1. The SMILES string of the molecule is CCn1cc(S(N)(=O)=O)c2cc(NC(=O)c3ccnc(Br)c3)ccc21. The van der Waals surface area contributed by atoms with Gasteiger partial charge in [-0.3, -0.25) is 4.79 Å². The summed E-state index contributed by atoms with van der Waals surface area (Å²) in [4.78, 5) is 16.3. The van der Waals surface area contributed by atoms with E-state index >= 15 is 0 Å². The molecule has 7 nitrogen and oxygen atoms in total. The van der Waals surface area contributed by atoms with Gasteiger partial charge in [-0.15, -0.1) is 0 Å². The zero-order valence-electron chi connectivity index (χ0n) is 13.2. The predicted octanol–water partition coefficient (Wildman–Crippen LogP) is 2.72. The maximum atomic E-state index is 12.3. The van der Waals surface area contributed by atoms with Crippen LogP contribution in [0.5, 0.6) is 0 Å². The summed E-state index contributed by atoms with van der Waals surface area (Å²) in [7, 11) is -3.87. The van der Waals surface area contributed by atoms with Crippen molar-refractivity contribution >= 4 is 48.5 Å². The fourth-order valence-electron chi connectivity index (χ4n) is 2.58. The van der Waals surface area contributed by atoms with Crippen LogP contribution in [0.2, 0.25) is 0 Å². The van der Waals surface area contributed by atoms with Crippen molar-refractivity contribution in [2.24, 2.45) is 5.14 Å². The Morgan fingerprint density at radius 1 is 1.32 bits per heavy atom. The number of nitrogens with two attached hydrogens (primary N) is 1. The Hall–Kier alpha value is -2.23. The van der Waals surface area contributed by atoms with Gasteiger partial charge in [0.2, 0.25) is 10.0 Å². The summed E-state index contributed by atoms with van der Waals surface area (Å²) in [5.41, 5.74) is 1.64. The van der Waals surface area contributed by atoms with E-state index in [4.69, 9.17) is 5.14 Å². The van der Waals surface area contributed by atoms with Crippen LogP contribution < -0.4 is 10.5 Å². The van der Waals surface area contributed by atoms with Gasteiger partial charge in [-0.25, -0.2) is 18.5 Å². The van der Waals surface area contributed by atoms with Crippen molar-refractivity contribution in [2.45, 2.75) is 18.4 Å². The van der Waals surface area contributed by atoms with Crippen molar-refractivity contribution in [3.05, 3.63) is 52.9 Å². The third-order valence-electron chi connectivity index (χ3n) is 3.74. The monoisotopic (exact) mass is 422 g/mol. The molecule has 0 aliphatic carbocycles. The number of nitrogens with one attached hydrogen (secondary N) is 1. The molecule has 1 amide bonds. The molecule has 0 unspecified atom stereocenters. The Labute approximate surface area is 153 Å². The van der Waals surface area contributed by atoms with Gasteiger partial charge in [0.25, 0.3) is 5.91 Å². The molecule has 2 aromatic heterocycles. The second-order valence-corrected chi connectivity index (χ2v) is 7.72. The summed E-state index contributed by atoms with van der Waals surface area (Å²) < 4.78 is 26.0. The van der Waals surface area contributed by atoms with E-state index in [9.17, 15) is 13.2 Å². The highest BCUT2D eigenvalue weighted by atomic mass is 79.9. The number of fused-ring (bicyclic) bond motifs is 1. The Kier molecular flexibility index (Phi) is 4.63. The van der Waals surface area contributed by atoms with E-state index in [1.165, 1.54) is 12.4 Å². The molecule has 0 aliphatic rings. The number of halogens is 1. The van der Waals surface area contributed by atoms with Gasteiger partial charge in [0.05, 0.1) is 0 Å². The third-order valence-corrected chi connectivity index (χ3v) is 5.11. The van der Waals surface area contributed by atoms with Gasteiger partial charge in [0.1, 0.15) is 9.50 Å². The number of anilines is 1. The molecular weight excluding hydrogens is 408 g/mol. The Bertz CT molecular complexity index is 1080. The number of pyridine rings is 1. The average Bonchev–Trinajstić information content (AvgIpc) is 2.93. The van der Waals surface area contributed by atoms with Crippen LogP contribution in [-0.2, 0) is 16.6 Å². The van der Waals surface area contributed by atoms with Crippen LogP contribution in [0.15, 0.2) is 52.2 Å². The standard InChI is InChI=1S/C16H15BrN4O3S/c1-2-21-9-14(25(18,23)24)12-8-11(3-4-13(12)21)20-16(22)10-5-6-19-15(17)7-10/h3-9H,2H2,1H3,(H,20,22)(H2,18,23,24). The highest BCUT2D eigenvalue weighted by Gasteiger charge is 2.18. The maximum absolute atomic E-state index is 12.3. The molecule has 130 valence electrons. The largest absolute Gasteiger partial charge is 0.346 e. The predicted molar refractivity (Wildman–Crippen MR) is 98.9 cm³/mol. The van der Waals surface area contributed by atoms with E-state index in [1.807, 2.05) is 6.92 Å². The Balaban J connectivity index is 2.02. The van der Waals surface area contributed by atoms with E-state index in [1.54, 1.807) is 34.9 Å². The third kappa shape index (κ3) is 3.58. The summed E-state index contributed by atoms with van der Waals surface area (Å²) in [6.45, 7) is 2.51. The van der Waals surface area contributed by atoms with Crippen molar-refractivity contribution in [3.8, 4) is 0 Å².